The molecule has 0 N–H and O–H groups in total. The summed E-state index contributed by atoms with van der Waals surface area (Å²) in [6, 6.07) is 3.74. The third kappa shape index (κ3) is 4.77. The molecule has 0 amide bonds. The normalized spacial score (nSPS) is 11.2. The maximum Gasteiger partial charge on any atom is 0.313 e. The first kappa shape index (κ1) is 16.9. The Labute approximate surface area is 126 Å². The van der Waals surface area contributed by atoms with Gasteiger partial charge in [0.1, 0.15) is 12.2 Å². The van der Waals surface area contributed by atoms with Gasteiger partial charge in [0, 0.05) is 0 Å². The number of ketones is 1. The van der Waals surface area contributed by atoms with Crippen molar-refractivity contribution in [1.82, 2.24) is 0 Å². The van der Waals surface area contributed by atoms with Gasteiger partial charge in [-0.25, -0.2) is 8.42 Å². The van der Waals surface area contributed by atoms with Crippen LogP contribution in [0.5, 0.6) is 0 Å². The van der Waals surface area contributed by atoms with Gasteiger partial charge >= 0.3 is 5.97 Å². The number of ether oxygens (including phenoxy) is 1. The van der Waals surface area contributed by atoms with Gasteiger partial charge in [0.25, 0.3) is 0 Å². The molecule has 110 valence electrons. The van der Waals surface area contributed by atoms with E-state index in [-0.39, 0.29) is 21.5 Å². The number of Topliss-reactive ketones (excluding diaryl/α,β-unsaturated/α-hetero) is 1. The fourth-order valence-corrected chi connectivity index (χ4v) is 3.02. The fraction of sp³-hybridized carbons (Fsp3) is 0.333. The molecule has 0 saturated carbocycles. The molecule has 0 aliphatic carbocycles. The molecule has 0 heterocycles. The minimum atomic E-state index is -3.86. The van der Waals surface area contributed by atoms with Gasteiger partial charge in [-0.3, -0.25) is 9.59 Å². The van der Waals surface area contributed by atoms with E-state index < -0.39 is 33.8 Å². The van der Waals surface area contributed by atoms with Crippen LogP contribution < -0.4 is 0 Å². The number of benzene rings is 1. The van der Waals surface area contributed by atoms with Crippen molar-refractivity contribution in [1.29, 1.82) is 0 Å². The quantitative estimate of drug-likeness (QED) is 0.587. The summed E-state index contributed by atoms with van der Waals surface area (Å²) in [6.45, 7) is 1.72. The molecule has 0 radical (unpaired) electrons. The predicted molar refractivity (Wildman–Crippen MR) is 74.8 cm³/mol. The summed E-state index contributed by atoms with van der Waals surface area (Å²) in [5, 5.41) is 0.286. The molecule has 0 unspecified atom stereocenters. The van der Waals surface area contributed by atoms with Crippen molar-refractivity contribution in [3.05, 3.63) is 28.2 Å². The summed E-state index contributed by atoms with van der Waals surface area (Å²) < 4.78 is 28.5. The van der Waals surface area contributed by atoms with Gasteiger partial charge in [0.2, 0.25) is 0 Å². The summed E-state index contributed by atoms with van der Waals surface area (Å²) in [7, 11) is -3.86. The average Bonchev–Trinajstić information content (AvgIpc) is 2.31. The molecule has 0 bridgehead atoms. The summed E-state index contributed by atoms with van der Waals surface area (Å²) >= 11 is 11.4. The molecule has 20 heavy (non-hydrogen) atoms. The second-order valence-corrected chi connectivity index (χ2v) is 6.66. The van der Waals surface area contributed by atoms with Crippen LogP contribution in [0.2, 0.25) is 10.0 Å². The fourth-order valence-electron chi connectivity index (χ4n) is 1.39. The lowest BCUT2D eigenvalue weighted by Crippen LogP contribution is -2.20. The Kier molecular flexibility index (Phi) is 5.98. The monoisotopic (exact) mass is 338 g/mol. The van der Waals surface area contributed by atoms with E-state index in [1.165, 1.54) is 12.1 Å². The molecule has 5 nitrogen and oxygen atoms in total. The molecule has 0 spiro atoms. The van der Waals surface area contributed by atoms with E-state index in [9.17, 15) is 18.0 Å². The van der Waals surface area contributed by atoms with Crippen molar-refractivity contribution in [3.63, 3.8) is 0 Å². The minimum absolute atomic E-state index is 0.0746. The Balaban J connectivity index is 2.82. The van der Waals surface area contributed by atoms with Crippen molar-refractivity contribution in [3.8, 4) is 0 Å². The number of hydrogen-bond acceptors (Lipinski definition) is 5. The Morgan fingerprint density at radius 2 is 1.85 bits per heavy atom. The van der Waals surface area contributed by atoms with E-state index in [1.807, 2.05) is 0 Å². The highest BCUT2D eigenvalue weighted by Gasteiger charge is 2.22. The maximum absolute atomic E-state index is 12.0. The highest BCUT2D eigenvalue weighted by atomic mass is 35.5. The highest BCUT2D eigenvalue weighted by Crippen LogP contribution is 2.25. The topological polar surface area (TPSA) is 77.5 Å². The molecule has 0 aliphatic rings. The van der Waals surface area contributed by atoms with Crippen molar-refractivity contribution < 1.29 is 22.7 Å². The summed E-state index contributed by atoms with van der Waals surface area (Å²) in [5.74, 6) is -2.28. The summed E-state index contributed by atoms with van der Waals surface area (Å²) in [6.07, 6.45) is -0.575. The summed E-state index contributed by atoms with van der Waals surface area (Å²) in [4.78, 5) is 22.5. The third-order valence-electron chi connectivity index (χ3n) is 2.25. The van der Waals surface area contributed by atoms with Gasteiger partial charge in [-0.15, -0.1) is 0 Å². The number of carbonyl (C=O) groups excluding carboxylic acids is 2. The van der Waals surface area contributed by atoms with Crippen molar-refractivity contribution in [2.45, 2.75) is 18.2 Å². The molecule has 8 heteroatoms. The number of rotatable bonds is 6. The van der Waals surface area contributed by atoms with Gasteiger partial charge in [0.15, 0.2) is 15.6 Å². The van der Waals surface area contributed by atoms with Crippen LogP contribution in [0.25, 0.3) is 0 Å². The van der Waals surface area contributed by atoms with Crippen LogP contribution in [0.3, 0.4) is 0 Å². The highest BCUT2D eigenvalue weighted by molar-refractivity contribution is 7.92. The number of carbonyl (C=O) groups is 2. The zero-order chi connectivity index (χ0) is 15.3. The van der Waals surface area contributed by atoms with Gasteiger partial charge in [0.05, 0.1) is 21.5 Å². The third-order valence-corrected chi connectivity index (χ3v) is 4.66. The number of halogens is 2. The number of esters is 1. The predicted octanol–water partition coefficient (Wildman–Crippen LogP) is 2.29. The summed E-state index contributed by atoms with van der Waals surface area (Å²) in [5.41, 5.74) is 0. The Morgan fingerprint density at radius 1 is 1.20 bits per heavy atom. The van der Waals surface area contributed by atoms with Crippen LogP contribution in [0.1, 0.15) is 13.3 Å². The van der Waals surface area contributed by atoms with E-state index >= 15 is 0 Å². The van der Waals surface area contributed by atoms with Crippen LogP contribution in [0, 0.1) is 0 Å². The minimum Gasteiger partial charge on any atom is -0.466 e. The Morgan fingerprint density at radius 3 is 2.40 bits per heavy atom. The lowest BCUT2D eigenvalue weighted by molar-refractivity contribution is -0.145. The van der Waals surface area contributed by atoms with Crippen molar-refractivity contribution in [2.24, 2.45) is 0 Å². The standard InChI is InChI=1S/C12H12Cl2O5S/c1-2-19-12(16)5-8(15)7-20(17,18)9-3-4-10(13)11(14)6-9/h3-4,6H,2,5,7H2,1H3. The van der Waals surface area contributed by atoms with E-state index in [0.29, 0.717) is 0 Å². The molecule has 1 aromatic rings. The van der Waals surface area contributed by atoms with Crippen LogP contribution in [0.4, 0.5) is 0 Å². The van der Waals surface area contributed by atoms with E-state index in [2.05, 4.69) is 4.74 Å². The second kappa shape index (κ2) is 7.06. The van der Waals surface area contributed by atoms with Crippen molar-refractivity contribution >= 4 is 44.8 Å². The Hall–Kier alpha value is -1.11. The first-order valence-corrected chi connectivity index (χ1v) is 8.02. The zero-order valence-electron chi connectivity index (χ0n) is 10.6. The van der Waals surface area contributed by atoms with Crippen LogP contribution in [-0.4, -0.2) is 32.5 Å². The van der Waals surface area contributed by atoms with Gasteiger partial charge in [-0.1, -0.05) is 23.2 Å². The average molecular weight is 339 g/mol. The first-order chi connectivity index (χ1) is 9.26. The SMILES string of the molecule is CCOC(=O)CC(=O)CS(=O)(=O)c1ccc(Cl)c(Cl)c1. The van der Waals surface area contributed by atoms with E-state index in [0.717, 1.165) is 6.07 Å². The molecular weight excluding hydrogens is 327 g/mol. The largest absolute Gasteiger partial charge is 0.466 e. The second-order valence-electron chi connectivity index (χ2n) is 3.86. The molecule has 1 aromatic carbocycles. The van der Waals surface area contributed by atoms with Crippen LogP contribution >= 0.6 is 23.2 Å². The molecule has 1 rings (SSSR count). The molecule has 0 saturated heterocycles. The molecule has 0 aliphatic heterocycles. The van der Waals surface area contributed by atoms with Crippen LogP contribution in [0.15, 0.2) is 23.1 Å². The Bertz CT molecular complexity index is 625. The van der Waals surface area contributed by atoms with Gasteiger partial charge in [-0.2, -0.15) is 0 Å². The molecule has 0 fully saturated rings. The zero-order valence-corrected chi connectivity index (χ0v) is 12.9. The van der Waals surface area contributed by atoms with Gasteiger partial charge in [-0.05, 0) is 25.1 Å². The molecule has 0 atom stereocenters. The number of hydrogen-bond donors (Lipinski definition) is 0. The van der Waals surface area contributed by atoms with Crippen LogP contribution in [-0.2, 0) is 24.2 Å². The molecular formula is C12H12Cl2O5S. The van der Waals surface area contributed by atoms with Crippen molar-refractivity contribution in [2.75, 3.05) is 12.4 Å². The van der Waals surface area contributed by atoms with Gasteiger partial charge < -0.3 is 4.74 Å². The maximum atomic E-state index is 12.0. The lowest BCUT2D eigenvalue weighted by atomic mass is 10.3. The number of sulfone groups is 1. The smallest absolute Gasteiger partial charge is 0.313 e. The molecule has 0 aromatic heterocycles. The lowest BCUT2D eigenvalue weighted by Gasteiger charge is -2.05. The van der Waals surface area contributed by atoms with E-state index in [1.54, 1.807) is 6.92 Å². The van der Waals surface area contributed by atoms with E-state index in [4.69, 9.17) is 23.2 Å². The first-order valence-electron chi connectivity index (χ1n) is 5.61.